The van der Waals surface area contributed by atoms with Gasteiger partial charge in [-0.25, -0.2) is 0 Å². The van der Waals surface area contributed by atoms with Gasteiger partial charge in [0.1, 0.15) is 0 Å². The van der Waals surface area contributed by atoms with Crippen LogP contribution in [-0.2, 0) is 0 Å². The Labute approximate surface area is 107 Å². The molecule has 1 heterocycles. The van der Waals surface area contributed by atoms with Crippen molar-refractivity contribution in [3.05, 3.63) is 0 Å². The fourth-order valence-corrected chi connectivity index (χ4v) is 3.65. The van der Waals surface area contributed by atoms with Crippen LogP contribution in [0.4, 0.5) is 0 Å². The van der Waals surface area contributed by atoms with E-state index < -0.39 is 0 Å². The van der Waals surface area contributed by atoms with E-state index in [-0.39, 0.29) is 0 Å². The van der Waals surface area contributed by atoms with Gasteiger partial charge in [-0.3, -0.25) is 0 Å². The quantitative estimate of drug-likeness (QED) is 0.816. The predicted octanol–water partition coefficient (Wildman–Crippen LogP) is 3.02. The van der Waals surface area contributed by atoms with Crippen LogP contribution >= 0.6 is 0 Å². The van der Waals surface area contributed by atoms with Crippen molar-refractivity contribution in [3.8, 4) is 0 Å². The van der Waals surface area contributed by atoms with Gasteiger partial charge in [0.15, 0.2) is 0 Å². The van der Waals surface area contributed by atoms with Crippen LogP contribution in [0.3, 0.4) is 0 Å². The summed E-state index contributed by atoms with van der Waals surface area (Å²) < 4.78 is 0. The van der Waals surface area contributed by atoms with E-state index in [1.165, 1.54) is 64.5 Å². The van der Waals surface area contributed by atoms with Gasteiger partial charge >= 0.3 is 0 Å². The third-order valence-electron chi connectivity index (χ3n) is 4.99. The molecule has 2 fully saturated rings. The molecule has 0 aromatic rings. The molecule has 2 aliphatic rings. The molecule has 0 bridgehead atoms. The maximum atomic E-state index is 6.39. The Kier molecular flexibility index (Phi) is 5.30. The Bertz CT molecular complexity index is 211. The molecule has 2 heteroatoms. The monoisotopic (exact) mass is 238 g/mol. The van der Waals surface area contributed by atoms with Crippen LogP contribution in [0.25, 0.3) is 0 Å². The molecule has 0 aromatic carbocycles. The standard InChI is InChI=1S/C15H30N2/c1-2-13-6-5-10-17(11-9-13)12-15(16)14-7-3-4-8-14/h13-15H,2-12,16H2,1H3. The van der Waals surface area contributed by atoms with E-state index in [1.54, 1.807) is 0 Å². The first-order chi connectivity index (χ1) is 8.29. The van der Waals surface area contributed by atoms with E-state index in [1.807, 2.05) is 0 Å². The second-order valence-corrected chi connectivity index (χ2v) is 6.21. The van der Waals surface area contributed by atoms with Crippen molar-refractivity contribution in [1.82, 2.24) is 4.90 Å². The summed E-state index contributed by atoms with van der Waals surface area (Å²) in [6.45, 7) is 6.07. The second kappa shape index (κ2) is 6.75. The van der Waals surface area contributed by atoms with Crippen molar-refractivity contribution in [3.63, 3.8) is 0 Å². The highest BCUT2D eigenvalue weighted by Gasteiger charge is 2.24. The smallest absolute Gasteiger partial charge is 0.0196 e. The number of hydrogen-bond acceptors (Lipinski definition) is 2. The zero-order valence-electron chi connectivity index (χ0n) is 11.5. The van der Waals surface area contributed by atoms with Crippen LogP contribution < -0.4 is 5.73 Å². The number of nitrogens with two attached hydrogens (primary N) is 1. The van der Waals surface area contributed by atoms with Crippen molar-refractivity contribution in [2.75, 3.05) is 19.6 Å². The largest absolute Gasteiger partial charge is 0.326 e. The summed E-state index contributed by atoms with van der Waals surface area (Å²) in [6.07, 6.45) is 11.2. The molecule has 1 aliphatic carbocycles. The minimum atomic E-state index is 0.440. The van der Waals surface area contributed by atoms with Gasteiger partial charge in [-0.2, -0.15) is 0 Å². The van der Waals surface area contributed by atoms with Crippen LogP contribution in [0.1, 0.15) is 58.3 Å². The average Bonchev–Trinajstić information content (AvgIpc) is 2.78. The van der Waals surface area contributed by atoms with Crippen molar-refractivity contribution in [2.24, 2.45) is 17.6 Å². The van der Waals surface area contributed by atoms with Crippen LogP contribution in [0.15, 0.2) is 0 Å². The van der Waals surface area contributed by atoms with E-state index in [2.05, 4.69) is 11.8 Å². The average molecular weight is 238 g/mol. The van der Waals surface area contributed by atoms with Crippen LogP contribution in [-0.4, -0.2) is 30.6 Å². The molecule has 2 nitrogen and oxygen atoms in total. The molecule has 0 radical (unpaired) electrons. The first kappa shape index (κ1) is 13.4. The first-order valence-electron chi connectivity index (χ1n) is 7.77. The lowest BCUT2D eigenvalue weighted by Crippen LogP contribution is -2.42. The van der Waals surface area contributed by atoms with Crippen molar-refractivity contribution < 1.29 is 0 Å². The Hall–Kier alpha value is -0.0800. The van der Waals surface area contributed by atoms with E-state index >= 15 is 0 Å². The zero-order chi connectivity index (χ0) is 12.1. The summed E-state index contributed by atoms with van der Waals surface area (Å²) >= 11 is 0. The van der Waals surface area contributed by atoms with Gasteiger partial charge in [-0.15, -0.1) is 0 Å². The summed E-state index contributed by atoms with van der Waals surface area (Å²) in [5, 5.41) is 0. The molecule has 0 aromatic heterocycles. The number of rotatable bonds is 4. The summed E-state index contributed by atoms with van der Waals surface area (Å²) in [5.41, 5.74) is 6.39. The second-order valence-electron chi connectivity index (χ2n) is 6.21. The minimum absolute atomic E-state index is 0.440. The van der Waals surface area contributed by atoms with E-state index in [9.17, 15) is 0 Å². The molecular formula is C15H30N2. The molecule has 0 spiro atoms. The lowest BCUT2D eigenvalue weighted by molar-refractivity contribution is 0.234. The van der Waals surface area contributed by atoms with Crippen LogP contribution in [0, 0.1) is 11.8 Å². The SMILES string of the molecule is CCC1CCCN(CC(N)C2CCCC2)CC1. The Balaban J connectivity index is 1.74. The van der Waals surface area contributed by atoms with Gasteiger partial charge in [0, 0.05) is 12.6 Å². The van der Waals surface area contributed by atoms with Gasteiger partial charge < -0.3 is 10.6 Å². The number of likely N-dealkylation sites (tertiary alicyclic amines) is 1. The normalized spacial score (nSPS) is 30.4. The summed E-state index contributed by atoms with van der Waals surface area (Å²) in [5.74, 6) is 1.79. The van der Waals surface area contributed by atoms with Gasteiger partial charge in [-0.1, -0.05) is 26.2 Å². The number of hydrogen-bond donors (Lipinski definition) is 1. The maximum absolute atomic E-state index is 6.39. The zero-order valence-corrected chi connectivity index (χ0v) is 11.5. The Morgan fingerprint density at radius 1 is 1.06 bits per heavy atom. The third-order valence-corrected chi connectivity index (χ3v) is 4.99. The van der Waals surface area contributed by atoms with Gasteiger partial charge in [0.25, 0.3) is 0 Å². The highest BCUT2D eigenvalue weighted by atomic mass is 15.1. The highest BCUT2D eigenvalue weighted by Crippen LogP contribution is 2.28. The maximum Gasteiger partial charge on any atom is 0.0196 e. The predicted molar refractivity (Wildman–Crippen MR) is 74.0 cm³/mol. The molecule has 1 saturated heterocycles. The molecule has 0 amide bonds. The number of nitrogens with zero attached hydrogens (tertiary/aromatic N) is 1. The summed E-state index contributed by atoms with van der Waals surface area (Å²) in [4.78, 5) is 2.64. The fraction of sp³-hybridized carbons (Fsp3) is 1.00. The molecule has 2 N–H and O–H groups in total. The first-order valence-corrected chi connectivity index (χ1v) is 7.77. The Morgan fingerprint density at radius 3 is 2.53 bits per heavy atom. The van der Waals surface area contributed by atoms with Gasteiger partial charge in [0.05, 0.1) is 0 Å². The highest BCUT2D eigenvalue weighted by molar-refractivity contribution is 4.81. The van der Waals surface area contributed by atoms with Gasteiger partial charge in [0.2, 0.25) is 0 Å². The molecule has 1 aliphatic heterocycles. The molecule has 1 saturated carbocycles. The topological polar surface area (TPSA) is 29.3 Å². The molecule has 100 valence electrons. The van der Waals surface area contributed by atoms with E-state index in [0.717, 1.165) is 18.4 Å². The Morgan fingerprint density at radius 2 is 1.82 bits per heavy atom. The third kappa shape index (κ3) is 3.96. The fourth-order valence-electron chi connectivity index (χ4n) is 3.65. The molecule has 2 unspecified atom stereocenters. The summed E-state index contributed by atoms with van der Waals surface area (Å²) in [6, 6.07) is 0.440. The summed E-state index contributed by atoms with van der Waals surface area (Å²) in [7, 11) is 0. The lowest BCUT2D eigenvalue weighted by atomic mass is 9.98. The van der Waals surface area contributed by atoms with Crippen molar-refractivity contribution in [1.29, 1.82) is 0 Å². The van der Waals surface area contributed by atoms with Crippen LogP contribution in [0.5, 0.6) is 0 Å². The van der Waals surface area contributed by atoms with Crippen LogP contribution in [0.2, 0.25) is 0 Å². The molecular weight excluding hydrogens is 208 g/mol. The molecule has 2 rings (SSSR count). The van der Waals surface area contributed by atoms with E-state index in [0.29, 0.717) is 6.04 Å². The minimum Gasteiger partial charge on any atom is -0.326 e. The van der Waals surface area contributed by atoms with Crippen molar-refractivity contribution in [2.45, 2.75) is 64.3 Å². The van der Waals surface area contributed by atoms with Gasteiger partial charge in [-0.05, 0) is 57.0 Å². The molecule has 2 atom stereocenters. The van der Waals surface area contributed by atoms with Crippen molar-refractivity contribution >= 4 is 0 Å². The molecule has 17 heavy (non-hydrogen) atoms. The lowest BCUT2D eigenvalue weighted by Gasteiger charge is -2.27. The van der Waals surface area contributed by atoms with E-state index in [4.69, 9.17) is 5.73 Å².